The summed E-state index contributed by atoms with van der Waals surface area (Å²) in [7, 11) is 0. The minimum absolute atomic E-state index is 0.111. The molecule has 0 aromatic carbocycles. The normalized spacial score (nSPS) is 10.1. The standard InChI is InChI=1S/C9H14N2O3/c1-3-11(5-4-9(12)13)8-6-7(2)14-10-8/h6H,3-5H2,1-2H3,(H,12,13). The van der Waals surface area contributed by atoms with Crippen LogP contribution in [0.4, 0.5) is 5.82 Å². The molecule has 0 atom stereocenters. The molecular formula is C9H14N2O3. The van der Waals surface area contributed by atoms with Crippen molar-refractivity contribution in [1.82, 2.24) is 5.16 Å². The molecule has 5 heteroatoms. The summed E-state index contributed by atoms with van der Waals surface area (Å²) in [4.78, 5) is 12.3. The van der Waals surface area contributed by atoms with Crippen LogP contribution in [0.3, 0.4) is 0 Å². The first-order chi connectivity index (χ1) is 6.63. The fourth-order valence-corrected chi connectivity index (χ4v) is 1.17. The molecule has 1 heterocycles. The van der Waals surface area contributed by atoms with Crippen molar-refractivity contribution in [2.75, 3.05) is 18.0 Å². The van der Waals surface area contributed by atoms with Crippen LogP contribution in [-0.4, -0.2) is 29.3 Å². The molecule has 0 bridgehead atoms. The van der Waals surface area contributed by atoms with Gasteiger partial charge in [0, 0.05) is 19.2 Å². The number of carboxylic acids is 1. The van der Waals surface area contributed by atoms with Crippen molar-refractivity contribution in [2.45, 2.75) is 20.3 Å². The van der Waals surface area contributed by atoms with Crippen molar-refractivity contribution >= 4 is 11.8 Å². The Hall–Kier alpha value is -1.52. The van der Waals surface area contributed by atoms with Gasteiger partial charge in [-0.25, -0.2) is 0 Å². The summed E-state index contributed by atoms with van der Waals surface area (Å²) in [6, 6.07) is 1.80. The third-order valence-electron chi connectivity index (χ3n) is 1.92. The maximum atomic E-state index is 10.4. The maximum Gasteiger partial charge on any atom is 0.305 e. The molecular weight excluding hydrogens is 184 g/mol. The summed E-state index contributed by atoms with van der Waals surface area (Å²) >= 11 is 0. The van der Waals surface area contributed by atoms with Crippen LogP contribution in [-0.2, 0) is 4.79 Å². The lowest BCUT2D eigenvalue weighted by Gasteiger charge is -2.17. The van der Waals surface area contributed by atoms with Crippen molar-refractivity contribution in [3.8, 4) is 0 Å². The Balaban J connectivity index is 2.58. The van der Waals surface area contributed by atoms with Crippen LogP contribution in [0.15, 0.2) is 10.6 Å². The molecule has 0 unspecified atom stereocenters. The van der Waals surface area contributed by atoms with Gasteiger partial charge in [0.1, 0.15) is 5.76 Å². The highest BCUT2D eigenvalue weighted by Crippen LogP contribution is 2.13. The minimum atomic E-state index is -0.802. The van der Waals surface area contributed by atoms with E-state index in [1.54, 1.807) is 6.07 Å². The fourth-order valence-electron chi connectivity index (χ4n) is 1.17. The molecule has 1 N–H and O–H groups in total. The van der Waals surface area contributed by atoms with Gasteiger partial charge in [0.2, 0.25) is 0 Å². The van der Waals surface area contributed by atoms with E-state index in [0.717, 1.165) is 12.3 Å². The van der Waals surface area contributed by atoms with Crippen LogP contribution < -0.4 is 4.90 Å². The Labute approximate surface area is 82.3 Å². The van der Waals surface area contributed by atoms with Gasteiger partial charge in [-0.3, -0.25) is 4.79 Å². The number of anilines is 1. The van der Waals surface area contributed by atoms with E-state index in [0.29, 0.717) is 12.4 Å². The molecule has 0 spiro atoms. The number of hydrogen-bond donors (Lipinski definition) is 1. The molecule has 0 fully saturated rings. The van der Waals surface area contributed by atoms with Crippen molar-refractivity contribution < 1.29 is 14.4 Å². The van der Waals surface area contributed by atoms with Crippen LogP contribution in [0.2, 0.25) is 0 Å². The molecule has 14 heavy (non-hydrogen) atoms. The second-order valence-electron chi connectivity index (χ2n) is 3.02. The maximum absolute atomic E-state index is 10.4. The number of aryl methyl sites for hydroxylation is 1. The van der Waals surface area contributed by atoms with Crippen molar-refractivity contribution in [2.24, 2.45) is 0 Å². The van der Waals surface area contributed by atoms with Crippen molar-refractivity contribution in [3.63, 3.8) is 0 Å². The summed E-state index contributed by atoms with van der Waals surface area (Å²) in [6.07, 6.45) is 0.111. The van der Waals surface area contributed by atoms with E-state index in [4.69, 9.17) is 9.63 Å². The van der Waals surface area contributed by atoms with Gasteiger partial charge in [-0.1, -0.05) is 5.16 Å². The molecule has 1 rings (SSSR count). The van der Waals surface area contributed by atoms with Gasteiger partial charge < -0.3 is 14.5 Å². The Kier molecular flexibility index (Phi) is 3.50. The Morgan fingerprint density at radius 3 is 2.86 bits per heavy atom. The number of hydrogen-bond acceptors (Lipinski definition) is 4. The molecule has 0 amide bonds. The molecule has 1 aromatic heterocycles. The third kappa shape index (κ3) is 2.76. The summed E-state index contributed by atoms with van der Waals surface area (Å²) in [5.41, 5.74) is 0. The van der Waals surface area contributed by atoms with Crippen LogP contribution in [0.5, 0.6) is 0 Å². The van der Waals surface area contributed by atoms with Gasteiger partial charge in [0.15, 0.2) is 5.82 Å². The smallest absolute Gasteiger partial charge is 0.305 e. The number of carboxylic acid groups (broad SMARTS) is 1. The highest BCUT2D eigenvalue weighted by Gasteiger charge is 2.10. The highest BCUT2D eigenvalue weighted by molar-refractivity contribution is 5.67. The molecule has 0 radical (unpaired) electrons. The zero-order chi connectivity index (χ0) is 10.6. The molecule has 0 aliphatic carbocycles. The summed E-state index contributed by atoms with van der Waals surface area (Å²) < 4.78 is 4.92. The average molecular weight is 198 g/mol. The lowest BCUT2D eigenvalue weighted by Crippen LogP contribution is -2.25. The van der Waals surface area contributed by atoms with Crippen molar-refractivity contribution in [3.05, 3.63) is 11.8 Å². The fraction of sp³-hybridized carbons (Fsp3) is 0.556. The van der Waals surface area contributed by atoms with E-state index in [9.17, 15) is 4.79 Å². The Bertz CT molecular complexity index is 309. The predicted molar refractivity (Wildman–Crippen MR) is 51.4 cm³/mol. The second-order valence-corrected chi connectivity index (χ2v) is 3.02. The van der Waals surface area contributed by atoms with E-state index in [1.165, 1.54) is 0 Å². The van der Waals surface area contributed by atoms with Crippen LogP contribution in [0.1, 0.15) is 19.1 Å². The zero-order valence-electron chi connectivity index (χ0n) is 8.36. The lowest BCUT2D eigenvalue weighted by molar-refractivity contribution is -0.136. The van der Waals surface area contributed by atoms with Crippen LogP contribution >= 0.6 is 0 Å². The highest BCUT2D eigenvalue weighted by atomic mass is 16.5. The summed E-state index contributed by atoms with van der Waals surface area (Å²) in [5.74, 6) is 0.628. The molecule has 0 aliphatic rings. The number of nitrogens with zero attached hydrogens (tertiary/aromatic N) is 2. The number of carbonyl (C=O) groups is 1. The van der Waals surface area contributed by atoms with E-state index in [1.807, 2.05) is 18.7 Å². The van der Waals surface area contributed by atoms with E-state index in [-0.39, 0.29) is 6.42 Å². The third-order valence-corrected chi connectivity index (χ3v) is 1.92. The van der Waals surface area contributed by atoms with Crippen LogP contribution in [0.25, 0.3) is 0 Å². The Morgan fingerprint density at radius 1 is 1.71 bits per heavy atom. The monoisotopic (exact) mass is 198 g/mol. The summed E-state index contributed by atoms with van der Waals surface area (Å²) in [6.45, 7) is 4.93. The van der Waals surface area contributed by atoms with Gasteiger partial charge in [-0.05, 0) is 13.8 Å². The van der Waals surface area contributed by atoms with Crippen molar-refractivity contribution in [1.29, 1.82) is 0 Å². The van der Waals surface area contributed by atoms with Gasteiger partial charge in [-0.15, -0.1) is 0 Å². The SMILES string of the molecule is CCN(CCC(=O)O)c1cc(C)on1. The molecule has 1 aromatic rings. The Morgan fingerprint density at radius 2 is 2.43 bits per heavy atom. The molecule has 0 saturated heterocycles. The molecule has 5 nitrogen and oxygen atoms in total. The number of aliphatic carboxylic acids is 1. The van der Waals surface area contributed by atoms with Gasteiger partial charge in [-0.2, -0.15) is 0 Å². The lowest BCUT2D eigenvalue weighted by atomic mass is 10.3. The van der Waals surface area contributed by atoms with Gasteiger partial charge in [0.25, 0.3) is 0 Å². The second kappa shape index (κ2) is 4.64. The zero-order valence-corrected chi connectivity index (χ0v) is 8.36. The molecule has 78 valence electrons. The molecule has 0 saturated carbocycles. The van der Waals surface area contributed by atoms with E-state index >= 15 is 0 Å². The van der Waals surface area contributed by atoms with Gasteiger partial charge in [0.05, 0.1) is 6.42 Å². The first-order valence-corrected chi connectivity index (χ1v) is 4.53. The summed E-state index contributed by atoms with van der Waals surface area (Å²) in [5, 5.41) is 12.4. The first kappa shape index (κ1) is 10.6. The molecule has 0 aliphatic heterocycles. The average Bonchev–Trinajstić information content (AvgIpc) is 2.53. The number of aromatic nitrogens is 1. The largest absolute Gasteiger partial charge is 0.481 e. The first-order valence-electron chi connectivity index (χ1n) is 4.53. The quantitative estimate of drug-likeness (QED) is 0.772. The van der Waals surface area contributed by atoms with E-state index < -0.39 is 5.97 Å². The van der Waals surface area contributed by atoms with Gasteiger partial charge >= 0.3 is 5.97 Å². The topological polar surface area (TPSA) is 66.6 Å². The number of rotatable bonds is 5. The minimum Gasteiger partial charge on any atom is -0.481 e. The predicted octanol–water partition coefficient (Wildman–Crippen LogP) is 1.28. The van der Waals surface area contributed by atoms with Crippen LogP contribution in [0, 0.1) is 6.92 Å². The van der Waals surface area contributed by atoms with E-state index in [2.05, 4.69) is 5.16 Å².